The molecule has 0 aromatic heterocycles. The van der Waals surface area contributed by atoms with E-state index in [2.05, 4.69) is 25.7 Å². The number of rotatable bonds is 8. The van der Waals surface area contributed by atoms with E-state index in [0.717, 1.165) is 31.6 Å². The number of methoxy groups -OCH3 is 1. The quantitative estimate of drug-likeness (QED) is 0.483. The average Bonchev–Trinajstić information content (AvgIpc) is 2.36. The van der Waals surface area contributed by atoms with Crippen molar-refractivity contribution in [1.29, 1.82) is 0 Å². The number of carbonyl (C=O) groups excluding carboxylic acids is 1. The van der Waals surface area contributed by atoms with Crippen molar-refractivity contribution in [3.63, 3.8) is 0 Å². The Kier molecular flexibility index (Phi) is 8.78. The molecule has 0 saturated carbocycles. The van der Waals surface area contributed by atoms with Gasteiger partial charge in [0.2, 0.25) is 0 Å². The van der Waals surface area contributed by atoms with Gasteiger partial charge in [0.05, 0.1) is 7.11 Å². The highest BCUT2D eigenvalue weighted by molar-refractivity contribution is 5.88. The first-order valence-corrected chi connectivity index (χ1v) is 6.58. The lowest BCUT2D eigenvalue weighted by molar-refractivity contribution is -0.136. The Bertz CT molecular complexity index is 249. The Hall–Kier alpha value is -0.830. The van der Waals surface area contributed by atoms with Crippen molar-refractivity contribution in [2.24, 2.45) is 5.92 Å². The predicted molar refractivity (Wildman–Crippen MR) is 72.0 cm³/mol. The zero-order valence-corrected chi connectivity index (χ0v) is 12.0. The fourth-order valence-corrected chi connectivity index (χ4v) is 1.65. The summed E-state index contributed by atoms with van der Waals surface area (Å²) in [6, 6.07) is 0. The lowest BCUT2D eigenvalue weighted by Crippen LogP contribution is -2.29. The number of hydrogen-bond acceptors (Lipinski definition) is 3. The molecule has 17 heavy (non-hydrogen) atoms. The van der Waals surface area contributed by atoms with Crippen LogP contribution in [0.25, 0.3) is 0 Å². The van der Waals surface area contributed by atoms with E-state index in [1.807, 2.05) is 13.0 Å². The van der Waals surface area contributed by atoms with E-state index in [4.69, 9.17) is 4.74 Å². The summed E-state index contributed by atoms with van der Waals surface area (Å²) < 4.78 is 4.75. The SMILES string of the molecule is CCC(=CCN(CC)CC(C)CC)C(=O)OC. The zero-order chi connectivity index (χ0) is 13.3. The van der Waals surface area contributed by atoms with Crippen LogP contribution in [-0.4, -0.2) is 37.6 Å². The number of nitrogens with zero attached hydrogens (tertiary/aromatic N) is 1. The lowest BCUT2D eigenvalue weighted by Gasteiger charge is -2.22. The lowest BCUT2D eigenvalue weighted by atomic mass is 10.1. The van der Waals surface area contributed by atoms with Crippen LogP contribution in [0.2, 0.25) is 0 Å². The minimum atomic E-state index is -0.202. The van der Waals surface area contributed by atoms with Crippen LogP contribution < -0.4 is 0 Å². The van der Waals surface area contributed by atoms with E-state index in [1.165, 1.54) is 13.5 Å². The Morgan fingerprint density at radius 1 is 1.35 bits per heavy atom. The molecule has 1 atom stereocenters. The number of hydrogen-bond donors (Lipinski definition) is 0. The molecule has 0 saturated heterocycles. The van der Waals surface area contributed by atoms with Crippen LogP contribution in [-0.2, 0) is 9.53 Å². The summed E-state index contributed by atoms with van der Waals surface area (Å²) in [5.41, 5.74) is 0.773. The number of esters is 1. The van der Waals surface area contributed by atoms with Crippen molar-refractivity contribution >= 4 is 5.97 Å². The summed E-state index contributed by atoms with van der Waals surface area (Å²) in [7, 11) is 1.43. The smallest absolute Gasteiger partial charge is 0.333 e. The third kappa shape index (κ3) is 6.47. The molecule has 0 rings (SSSR count). The van der Waals surface area contributed by atoms with Gasteiger partial charge in [-0.1, -0.05) is 40.2 Å². The molecule has 0 aliphatic rings. The van der Waals surface area contributed by atoms with E-state index in [9.17, 15) is 4.79 Å². The molecule has 3 nitrogen and oxygen atoms in total. The Morgan fingerprint density at radius 3 is 2.41 bits per heavy atom. The van der Waals surface area contributed by atoms with Gasteiger partial charge in [-0.3, -0.25) is 4.90 Å². The van der Waals surface area contributed by atoms with Crippen LogP contribution in [0.15, 0.2) is 11.6 Å². The molecular formula is C14H27NO2. The largest absolute Gasteiger partial charge is 0.466 e. The molecule has 0 aromatic rings. The minimum absolute atomic E-state index is 0.202. The summed E-state index contributed by atoms with van der Waals surface area (Å²) in [6.07, 6.45) is 3.92. The van der Waals surface area contributed by atoms with E-state index < -0.39 is 0 Å². The van der Waals surface area contributed by atoms with Gasteiger partial charge < -0.3 is 4.74 Å². The number of carbonyl (C=O) groups is 1. The first-order valence-electron chi connectivity index (χ1n) is 6.58. The molecule has 0 aliphatic heterocycles. The molecule has 0 radical (unpaired) electrons. The van der Waals surface area contributed by atoms with Gasteiger partial charge in [-0.2, -0.15) is 0 Å². The summed E-state index contributed by atoms with van der Waals surface area (Å²) in [6.45, 7) is 11.5. The molecule has 100 valence electrons. The van der Waals surface area contributed by atoms with E-state index in [1.54, 1.807) is 0 Å². The zero-order valence-electron chi connectivity index (χ0n) is 12.0. The molecule has 0 amide bonds. The van der Waals surface area contributed by atoms with Crippen LogP contribution in [0.1, 0.15) is 40.5 Å². The molecule has 3 heteroatoms. The fraction of sp³-hybridized carbons (Fsp3) is 0.786. The molecule has 0 bridgehead atoms. The van der Waals surface area contributed by atoms with E-state index in [-0.39, 0.29) is 5.97 Å². The number of likely N-dealkylation sites (N-methyl/N-ethyl adjacent to an activating group) is 1. The highest BCUT2D eigenvalue weighted by Crippen LogP contribution is 2.07. The second-order valence-corrected chi connectivity index (χ2v) is 4.44. The molecular weight excluding hydrogens is 214 g/mol. The highest BCUT2D eigenvalue weighted by atomic mass is 16.5. The van der Waals surface area contributed by atoms with Crippen LogP contribution >= 0.6 is 0 Å². The predicted octanol–water partition coefficient (Wildman–Crippen LogP) is 2.86. The summed E-state index contributed by atoms with van der Waals surface area (Å²) in [4.78, 5) is 13.8. The van der Waals surface area contributed by atoms with Crippen LogP contribution in [0, 0.1) is 5.92 Å². The first-order chi connectivity index (χ1) is 8.08. The summed E-state index contributed by atoms with van der Waals surface area (Å²) >= 11 is 0. The Morgan fingerprint density at radius 2 is 2.00 bits per heavy atom. The van der Waals surface area contributed by atoms with Crippen molar-refractivity contribution in [1.82, 2.24) is 4.90 Å². The van der Waals surface area contributed by atoms with Crippen molar-refractivity contribution in [3.8, 4) is 0 Å². The molecule has 1 unspecified atom stereocenters. The van der Waals surface area contributed by atoms with Gasteiger partial charge in [-0.15, -0.1) is 0 Å². The third-order valence-corrected chi connectivity index (χ3v) is 3.14. The van der Waals surface area contributed by atoms with E-state index in [0.29, 0.717) is 5.92 Å². The molecule has 0 aliphatic carbocycles. The summed E-state index contributed by atoms with van der Waals surface area (Å²) in [5.74, 6) is 0.499. The Labute approximate surface area is 106 Å². The first kappa shape index (κ1) is 16.2. The van der Waals surface area contributed by atoms with Gasteiger partial charge in [0.1, 0.15) is 0 Å². The summed E-state index contributed by atoms with van der Waals surface area (Å²) in [5, 5.41) is 0. The monoisotopic (exact) mass is 241 g/mol. The standard InChI is InChI=1S/C14H27NO2/c1-6-12(4)11-15(8-3)10-9-13(7-2)14(16)17-5/h9,12H,6-8,10-11H2,1-5H3. The van der Waals surface area contributed by atoms with Crippen molar-refractivity contribution in [2.45, 2.75) is 40.5 Å². The van der Waals surface area contributed by atoms with Crippen LogP contribution in [0.5, 0.6) is 0 Å². The molecule has 0 heterocycles. The van der Waals surface area contributed by atoms with Gasteiger partial charge in [0.15, 0.2) is 0 Å². The topological polar surface area (TPSA) is 29.5 Å². The third-order valence-electron chi connectivity index (χ3n) is 3.14. The van der Waals surface area contributed by atoms with Crippen LogP contribution in [0.3, 0.4) is 0 Å². The van der Waals surface area contributed by atoms with Crippen molar-refractivity contribution < 1.29 is 9.53 Å². The normalized spacial score (nSPS) is 13.9. The van der Waals surface area contributed by atoms with Crippen molar-refractivity contribution in [3.05, 3.63) is 11.6 Å². The average molecular weight is 241 g/mol. The fourth-order valence-electron chi connectivity index (χ4n) is 1.65. The maximum absolute atomic E-state index is 11.4. The Balaban J connectivity index is 4.36. The number of ether oxygens (including phenoxy) is 1. The maximum Gasteiger partial charge on any atom is 0.333 e. The molecule has 0 aromatic carbocycles. The highest BCUT2D eigenvalue weighted by Gasteiger charge is 2.09. The molecule has 0 N–H and O–H groups in total. The molecule has 0 spiro atoms. The van der Waals surface area contributed by atoms with Crippen molar-refractivity contribution in [2.75, 3.05) is 26.7 Å². The van der Waals surface area contributed by atoms with Crippen LogP contribution in [0.4, 0.5) is 0 Å². The van der Waals surface area contributed by atoms with Gasteiger partial charge in [0.25, 0.3) is 0 Å². The van der Waals surface area contributed by atoms with Gasteiger partial charge in [-0.25, -0.2) is 4.79 Å². The second-order valence-electron chi connectivity index (χ2n) is 4.44. The van der Waals surface area contributed by atoms with Gasteiger partial charge >= 0.3 is 5.97 Å². The van der Waals surface area contributed by atoms with E-state index >= 15 is 0 Å². The van der Waals surface area contributed by atoms with Gasteiger partial charge in [0, 0.05) is 18.7 Å². The van der Waals surface area contributed by atoms with Gasteiger partial charge in [-0.05, 0) is 18.9 Å². The minimum Gasteiger partial charge on any atom is -0.466 e. The maximum atomic E-state index is 11.4. The second kappa shape index (κ2) is 9.23. The molecule has 0 fully saturated rings.